The topological polar surface area (TPSA) is 172 Å². The lowest BCUT2D eigenvalue weighted by Crippen LogP contribution is -2.67. The molecule has 0 aromatic heterocycles. The molecular formula is C51H74ClN3O9. The van der Waals surface area contributed by atoms with Crippen LogP contribution in [0.1, 0.15) is 150 Å². The number of nitrogens with zero attached hydrogens (tertiary/aromatic N) is 1. The minimum Gasteiger partial charge on any atom is -0.491 e. The van der Waals surface area contributed by atoms with E-state index in [-0.39, 0.29) is 75.8 Å². The molecule has 1 saturated heterocycles. The molecule has 12 nitrogen and oxygen atoms in total. The Morgan fingerprint density at radius 3 is 2.31 bits per heavy atom. The number of benzene rings is 1. The number of carbonyl (C=O) groups excluding carboxylic acids is 4. The van der Waals surface area contributed by atoms with Crippen molar-refractivity contribution in [2.75, 3.05) is 26.2 Å². The number of hydrogen-bond donors (Lipinski definition) is 4. The molecule has 5 aliphatic carbocycles. The van der Waals surface area contributed by atoms with E-state index in [0.717, 1.165) is 69.1 Å². The van der Waals surface area contributed by atoms with Gasteiger partial charge in [0.15, 0.2) is 5.78 Å². The van der Waals surface area contributed by atoms with Crippen molar-refractivity contribution in [1.29, 1.82) is 0 Å². The van der Waals surface area contributed by atoms with E-state index >= 15 is 0 Å². The maximum Gasteiger partial charge on any atom is 0.309 e. The number of fused-ring (bicyclic) bond motifs is 7. The monoisotopic (exact) mass is 908 g/mol. The Kier molecular flexibility index (Phi) is 13.1. The fourth-order valence-corrected chi connectivity index (χ4v) is 14.5. The molecule has 10 atom stereocenters. The Morgan fingerprint density at radius 2 is 1.66 bits per heavy atom. The molecule has 64 heavy (non-hydrogen) atoms. The highest BCUT2D eigenvalue weighted by molar-refractivity contribution is 6.30. The number of Topliss-reactive ketones (excluding diaryl/α,β-unsaturated/α-hetero) is 1. The van der Waals surface area contributed by atoms with Crippen LogP contribution in [0.15, 0.2) is 29.3 Å². The second-order valence-electron chi connectivity index (χ2n) is 22.9. The zero-order valence-corrected chi connectivity index (χ0v) is 40.7. The number of ketones is 1. The third-order valence-corrected chi connectivity index (χ3v) is 18.2. The summed E-state index contributed by atoms with van der Waals surface area (Å²) in [4.78, 5) is 69.5. The first-order valence-electron chi connectivity index (χ1n) is 24.0. The van der Waals surface area contributed by atoms with Gasteiger partial charge in [-0.05, 0) is 148 Å². The number of β-amino-alcohol motifs (C(OH)–C–C–N with tert-alkyl or cyclic N) is 1. The predicted octanol–water partition coefficient (Wildman–Crippen LogP) is 8.17. The number of aliphatic hydroxyl groups excluding tert-OH is 1. The number of halogens is 1. The summed E-state index contributed by atoms with van der Waals surface area (Å²) in [5.74, 6) is -1.08. The average Bonchev–Trinajstić information content (AvgIpc) is 3.74. The lowest BCUT2D eigenvalue weighted by molar-refractivity contribution is -0.232. The molecule has 2 amide bonds. The Labute approximate surface area is 385 Å². The number of carboxylic acid groups (broad SMARTS) is 1. The summed E-state index contributed by atoms with van der Waals surface area (Å²) in [6.07, 6.45) is 7.12. The average molecular weight is 909 g/mol. The number of nitrogens with one attached hydrogen (secondary N) is 2. The number of esters is 1. The number of rotatable bonds is 13. The van der Waals surface area contributed by atoms with Crippen LogP contribution in [0.4, 0.5) is 0 Å². The molecule has 6 unspecified atom stereocenters. The second kappa shape index (κ2) is 17.3. The van der Waals surface area contributed by atoms with E-state index in [1.54, 1.807) is 39.0 Å². The van der Waals surface area contributed by atoms with Crippen LogP contribution in [0.5, 0.6) is 5.75 Å². The Morgan fingerprint density at radius 1 is 0.938 bits per heavy atom. The molecule has 0 bridgehead atoms. The van der Waals surface area contributed by atoms with Crippen molar-refractivity contribution in [3.05, 3.63) is 39.9 Å². The van der Waals surface area contributed by atoms with Crippen molar-refractivity contribution in [3.8, 4) is 5.75 Å². The summed E-state index contributed by atoms with van der Waals surface area (Å²) < 4.78 is 12.2. The van der Waals surface area contributed by atoms with Gasteiger partial charge in [-0.3, -0.25) is 28.9 Å². The van der Waals surface area contributed by atoms with Gasteiger partial charge in [-0.2, -0.15) is 0 Å². The molecule has 1 aromatic carbocycles. The van der Waals surface area contributed by atoms with Gasteiger partial charge in [-0.25, -0.2) is 0 Å². The molecule has 1 aromatic rings. The van der Waals surface area contributed by atoms with E-state index in [2.05, 4.69) is 64.0 Å². The third-order valence-electron chi connectivity index (χ3n) is 18.0. The molecule has 5 fully saturated rings. The van der Waals surface area contributed by atoms with Crippen molar-refractivity contribution >= 4 is 41.1 Å². The lowest BCUT2D eigenvalue weighted by Gasteiger charge is -2.72. The third kappa shape index (κ3) is 8.32. The zero-order chi connectivity index (χ0) is 46.9. The number of aliphatic hydroxyl groups is 1. The van der Waals surface area contributed by atoms with Gasteiger partial charge < -0.3 is 30.3 Å². The summed E-state index contributed by atoms with van der Waals surface area (Å²) in [6, 6.07) is 3.91. The van der Waals surface area contributed by atoms with Crippen molar-refractivity contribution in [2.24, 2.45) is 50.7 Å². The quantitative estimate of drug-likeness (QED) is 0.142. The number of carbonyl (C=O) groups is 5. The van der Waals surface area contributed by atoms with E-state index in [9.17, 15) is 34.2 Å². The van der Waals surface area contributed by atoms with Gasteiger partial charge >= 0.3 is 11.9 Å². The molecule has 1 heterocycles. The molecule has 1 aliphatic heterocycles. The molecule has 6 aliphatic rings. The van der Waals surface area contributed by atoms with Crippen molar-refractivity contribution < 1.29 is 43.7 Å². The molecule has 7 rings (SSSR count). The maximum atomic E-state index is 14.4. The molecule has 4 N–H and O–H groups in total. The minimum atomic E-state index is -1.20. The molecule has 354 valence electrons. The van der Waals surface area contributed by atoms with Crippen molar-refractivity contribution in [2.45, 2.75) is 164 Å². The van der Waals surface area contributed by atoms with E-state index < -0.39 is 34.8 Å². The second-order valence-corrected chi connectivity index (χ2v) is 23.3. The number of ether oxygens (including phenoxy) is 2. The summed E-state index contributed by atoms with van der Waals surface area (Å²) in [7, 11) is 0. The van der Waals surface area contributed by atoms with E-state index in [1.165, 1.54) is 0 Å². The normalized spacial score (nSPS) is 35.1. The smallest absolute Gasteiger partial charge is 0.309 e. The first-order chi connectivity index (χ1) is 29.8. The fourth-order valence-electron chi connectivity index (χ4n) is 14.4. The standard InChI is InChI=1S/C51H74ClN3O9/c1-29(2)41-35(57)26-51(54-43(59)30(3)53-44(60)33-12-11-31(52)25-36(33)63-24-23-55-22-17-32(56)28-55)21-20-49(9)34(42(41)51)13-14-38-48(8)18-16-39(64-40(58)27-46(4,5)45(61)62)47(6,7)37(48)15-19-50(38,49)10/h11-12,25,29-30,32,34,37-39,56H,13-24,26-28H2,1-10H3,(H,53,60)(H,54,59)(H,61,62)/t30?,32-,34?,37-,38?,39?,48-,49+,50?,51?/m0/s1. The molecule has 0 spiro atoms. The number of likely N-dealkylation sites (tertiary alicyclic amines) is 1. The maximum absolute atomic E-state index is 14.4. The highest BCUT2D eigenvalue weighted by Gasteiger charge is 2.70. The van der Waals surface area contributed by atoms with E-state index in [1.807, 2.05) is 0 Å². The van der Waals surface area contributed by atoms with E-state index in [0.29, 0.717) is 48.7 Å². The van der Waals surface area contributed by atoms with Gasteiger partial charge in [0.1, 0.15) is 24.5 Å². The van der Waals surface area contributed by atoms with Gasteiger partial charge in [0.25, 0.3) is 5.91 Å². The van der Waals surface area contributed by atoms with Crippen LogP contribution in [0.3, 0.4) is 0 Å². The van der Waals surface area contributed by atoms with Crippen LogP contribution in [0, 0.1) is 50.7 Å². The molecule has 13 heteroatoms. The van der Waals surface area contributed by atoms with Crippen LogP contribution in [-0.2, 0) is 23.9 Å². The number of amides is 2. The van der Waals surface area contributed by atoms with Gasteiger partial charge in [-0.15, -0.1) is 0 Å². The number of carboxylic acids is 1. The largest absolute Gasteiger partial charge is 0.491 e. The van der Waals surface area contributed by atoms with Crippen LogP contribution >= 0.6 is 11.6 Å². The highest BCUT2D eigenvalue weighted by Crippen LogP contribution is 2.76. The van der Waals surface area contributed by atoms with Crippen LogP contribution in [0.25, 0.3) is 0 Å². The first-order valence-corrected chi connectivity index (χ1v) is 24.3. The Bertz CT molecular complexity index is 2080. The Hall–Kier alpha value is -3.48. The van der Waals surface area contributed by atoms with Crippen LogP contribution < -0.4 is 15.4 Å². The zero-order valence-electron chi connectivity index (χ0n) is 40.0. The number of aliphatic carboxylic acids is 1. The number of hydrogen-bond acceptors (Lipinski definition) is 9. The van der Waals surface area contributed by atoms with Crippen LogP contribution in [-0.4, -0.2) is 94.7 Å². The summed E-state index contributed by atoms with van der Waals surface area (Å²) in [5, 5.41) is 26.3. The minimum absolute atomic E-state index is 0.0155. The highest BCUT2D eigenvalue weighted by atomic mass is 35.5. The van der Waals surface area contributed by atoms with Gasteiger partial charge in [-0.1, -0.05) is 60.1 Å². The summed E-state index contributed by atoms with van der Waals surface area (Å²) in [5.41, 5.74) is -0.329. The molecular weight excluding hydrogens is 834 g/mol. The van der Waals surface area contributed by atoms with Gasteiger partial charge in [0.2, 0.25) is 5.91 Å². The first kappa shape index (κ1) is 48.5. The lowest BCUT2D eigenvalue weighted by atomic mass is 9.33. The predicted molar refractivity (Wildman–Crippen MR) is 245 cm³/mol. The van der Waals surface area contributed by atoms with Crippen LogP contribution in [0.2, 0.25) is 5.02 Å². The molecule has 4 saturated carbocycles. The van der Waals surface area contributed by atoms with Crippen molar-refractivity contribution in [3.63, 3.8) is 0 Å². The molecule has 0 radical (unpaired) electrons. The van der Waals surface area contributed by atoms with Gasteiger partial charge in [0.05, 0.1) is 29.0 Å². The summed E-state index contributed by atoms with van der Waals surface area (Å²) in [6.45, 7) is 23.1. The SMILES string of the molecule is CC(C)C1=C2C3CCC4C(C)(CC[C@H]5C(C)(C)C(OC(=O)CC(C)(C)C(=O)O)CC[C@]45C)[C@]3(C)CCC2(NC(=O)C(C)NC(=O)c2ccc(Cl)cc2OCCN2CC[C@H](O)C2)CC1=O. The van der Waals surface area contributed by atoms with Gasteiger partial charge in [0, 0.05) is 36.5 Å². The Balaban J connectivity index is 1.08. The fraction of sp³-hybridized carbons (Fsp3) is 0.745. The van der Waals surface area contributed by atoms with E-state index in [4.69, 9.17) is 21.1 Å². The number of allylic oxidation sites excluding steroid dienone is 1. The van der Waals surface area contributed by atoms with Crippen molar-refractivity contribution in [1.82, 2.24) is 15.5 Å². The summed E-state index contributed by atoms with van der Waals surface area (Å²) >= 11 is 6.32.